The van der Waals surface area contributed by atoms with Gasteiger partial charge in [0.2, 0.25) is 0 Å². The molecule has 0 unspecified atom stereocenters. The number of rotatable bonds is 4. The summed E-state index contributed by atoms with van der Waals surface area (Å²) in [5.74, 6) is 0. The van der Waals surface area contributed by atoms with Gasteiger partial charge in [-0.15, -0.1) is 0 Å². The molecule has 0 N–H and O–H groups in total. The van der Waals surface area contributed by atoms with Crippen LogP contribution in [0.2, 0.25) is 0 Å². The van der Waals surface area contributed by atoms with E-state index in [2.05, 4.69) is 116 Å². The molecule has 6 heteroatoms. The summed E-state index contributed by atoms with van der Waals surface area (Å²) in [4.78, 5) is 0. The lowest BCUT2D eigenvalue weighted by atomic mass is 9.32. The smallest absolute Gasteiger partial charge is 0.403 e. The van der Waals surface area contributed by atoms with Crippen LogP contribution in [0.1, 0.15) is 85.8 Å². The molecule has 0 spiro atoms. The molecule has 1 aliphatic carbocycles. The fourth-order valence-electron chi connectivity index (χ4n) is 6.38. The van der Waals surface area contributed by atoms with Crippen LogP contribution in [0, 0.1) is 0 Å². The highest BCUT2D eigenvalue weighted by atomic mass is 16.7. The van der Waals surface area contributed by atoms with E-state index in [0.29, 0.717) is 0 Å². The third-order valence-electron chi connectivity index (χ3n) is 9.83. The van der Waals surface area contributed by atoms with Gasteiger partial charge in [-0.1, -0.05) is 67.1 Å². The maximum Gasteiger partial charge on any atom is 0.469 e. The van der Waals surface area contributed by atoms with E-state index in [1.165, 1.54) is 11.1 Å². The van der Waals surface area contributed by atoms with E-state index in [0.717, 1.165) is 19.3 Å². The standard InChI is InChI=1S/C29H40B2O4/c1-24(2)25(3,4)33-30(32-24)28(22-16-11-9-12-17-22)20-15-21-29(28,23-18-13-10-14-19-23)31-34-26(5,6)27(7,8)35-31/h9-14,16-19H,15,20-21H2,1-8H3/t28-,29+. The summed E-state index contributed by atoms with van der Waals surface area (Å²) >= 11 is 0. The molecule has 2 aliphatic heterocycles. The molecule has 4 nitrogen and oxygen atoms in total. The number of benzene rings is 2. The van der Waals surface area contributed by atoms with Crippen molar-refractivity contribution in [3.05, 3.63) is 71.8 Å². The Kier molecular flexibility index (Phi) is 5.70. The van der Waals surface area contributed by atoms with E-state index < -0.39 is 47.3 Å². The second-order valence-electron chi connectivity index (χ2n) is 12.7. The summed E-state index contributed by atoms with van der Waals surface area (Å²) < 4.78 is 27.7. The fraction of sp³-hybridized carbons (Fsp3) is 0.586. The fourth-order valence-corrected chi connectivity index (χ4v) is 6.38. The molecule has 2 saturated heterocycles. The first-order chi connectivity index (χ1) is 16.3. The average Bonchev–Trinajstić information content (AvgIpc) is 3.37. The van der Waals surface area contributed by atoms with E-state index in [4.69, 9.17) is 18.6 Å². The van der Waals surface area contributed by atoms with E-state index in [1.807, 2.05) is 0 Å². The lowest BCUT2D eigenvalue weighted by Crippen LogP contribution is -2.64. The molecular formula is C29H40B2O4. The molecule has 5 rings (SSSR count). The molecule has 1 saturated carbocycles. The Hall–Kier alpha value is -1.59. The van der Waals surface area contributed by atoms with Gasteiger partial charge in [0.25, 0.3) is 0 Å². The first kappa shape index (κ1) is 25.1. The molecule has 0 radical (unpaired) electrons. The van der Waals surface area contributed by atoms with Crippen LogP contribution in [-0.4, -0.2) is 36.6 Å². The van der Waals surface area contributed by atoms with Crippen molar-refractivity contribution in [2.24, 2.45) is 0 Å². The molecule has 0 bridgehead atoms. The van der Waals surface area contributed by atoms with Crippen LogP contribution in [-0.2, 0) is 29.2 Å². The van der Waals surface area contributed by atoms with Crippen molar-refractivity contribution < 1.29 is 18.6 Å². The van der Waals surface area contributed by atoms with Crippen LogP contribution in [0.5, 0.6) is 0 Å². The van der Waals surface area contributed by atoms with Gasteiger partial charge in [-0.2, -0.15) is 0 Å². The molecule has 186 valence electrons. The maximum absolute atomic E-state index is 6.91. The molecular weight excluding hydrogens is 434 g/mol. The van der Waals surface area contributed by atoms with Crippen LogP contribution >= 0.6 is 0 Å². The van der Waals surface area contributed by atoms with Crippen molar-refractivity contribution in [1.82, 2.24) is 0 Å². The van der Waals surface area contributed by atoms with E-state index in [1.54, 1.807) is 0 Å². The Morgan fingerprint density at radius 1 is 0.486 bits per heavy atom. The number of hydrogen-bond acceptors (Lipinski definition) is 4. The number of hydrogen-bond donors (Lipinski definition) is 0. The van der Waals surface area contributed by atoms with E-state index >= 15 is 0 Å². The first-order valence-corrected chi connectivity index (χ1v) is 13.1. The van der Waals surface area contributed by atoms with E-state index in [9.17, 15) is 0 Å². The largest absolute Gasteiger partial charge is 0.469 e. The molecule has 2 aromatic rings. The van der Waals surface area contributed by atoms with Gasteiger partial charge in [-0.05, 0) is 79.4 Å². The maximum atomic E-state index is 6.91. The Morgan fingerprint density at radius 3 is 1.06 bits per heavy atom. The van der Waals surface area contributed by atoms with Crippen LogP contribution < -0.4 is 0 Å². The second-order valence-corrected chi connectivity index (χ2v) is 12.7. The van der Waals surface area contributed by atoms with Crippen molar-refractivity contribution >= 4 is 14.2 Å². The Labute approximate surface area is 212 Å². The highest BCUT2D eigenvalue weighted by Crippen LogP contribution is 2.63. The molecule has 2 aromatic carbocycles. The zero-order valence-electron chi connectivity index (χ0n) is 22.7. The topological polar surface area (TPSA) is 36.9 Å². The van der Waals surface area contributed by atoms with Crippen molar-refractivity contribution in [1.29, 1.82) is 0 Å². The minimum absolute atomic E-state index is 0.444. The van der Waals surface area contributed by atoms with Gasteiger partial charge in [-0.3, -0.25) is 0 Å². The summed E-state index contributed by atoms with van der Waals surface area (Å²) in [6.07, 6.45) is 2.87. The normalized spacial score (nSPS) is 32.8. The van der Waals surface area contributed by atoms with Gasteiger partial charge in [0, 0.05) is 10.6 Å². The van der Waals surface area contributed by atoms with Gasteiger partial charge >= 0.3 is 14.2 Å². The Balaban J connectivity index is 1.79. The van der Waals surface area contributed by atoms with Gasteiger partial charge in [-0.25, -0.2) is 0 Å². The Bertz CT molecular complexity index is 951. The minimum Gasteiger partial charge on any atom is -0.403 e. The average molecular weight is 474 g/mol. The van der Waals surface area contributed by atoms with Crippen molar-refractivity contribution in [3.8, 4) is 0 Å². The Morgan fingerprint density at radius 2 is 0.771 bits per heavy atom. The van der Waals surface area contributed by atoms with Crippen LogP contribution in [0.25, 0.3) is 0 Å². The molecule has 3 aliphatic rings. The summed E-state index contributed by atoms with van der Waals surface area (Å²) in [6, 6.07) is 21.6. The highest BCUT2D eigenvalue weighted by Gasteiger charge is 2.75. The SMILES string of the molecule is CC1(C)OB([C@]2(c3ccccc3)CCC[C@@]2(B2OC(C)(C)C(C)(C)O2)c2ccccc2)OC1(C)C. The van der Waals surface area contributed by atoms with Crippen LogP contribution in [0.4, 0.5) is 0 Å². The summed E-state index contributed by atoms with van der Waals surface area (Å²) in [6.45, 7) is 17.1. The third kappa shape index (κ3) is 3.43. The molecule has 35 heavy (non-hydrogen) atoms. The van der Waals surface area contributed by atoms with Gasteiger partial charge in [0.05, 0.1) is 22.4 Å². The zero-order chi connectivity index (χ0) is 25.3. The monoisotopic (exact) mass is 474 g/mol. The lowest BCUT2D eigenvalue weighted by molar-refractivity contribution is 0.00578. The van der Waals surface area contributed by atoms with Gasteiger partial charge in [0.1, 0.15) is 0 Å². The predicted octanol–water partition coefficient (Wildman–Crippen LogP) is 6.31. The van der Waals surface area contributed by atoms with Crippen molar-refractivity contribution in [2.75, 3.05) is 0 Å². The minimum atomic E-state index is -0.498. The molecule has 3 fully saturated rings. The highest BCUT2D eigenvalue weighted by molar-refractivity contribution is 6.58. The van der Waals surface area contributed by atoms with Crippen LogP contribution in [0.3, 0.4) is 0 Å². The van der Waals surface area contributed by atoms with Crippen molar-refractivity contribution in [2.45, 2.75) is 108 Å². The lowest BCUT2D eigenvalue weighted by Gasteiger charge is -2.48. The zero-order valence-corrected chi connectivity index (χ0v) is 22.7. The van der Waals surface area contributed by atoms with Crippen LogP contribution in [0.15, 0.2) is 60.7 Å². The molecule has 2 heterocycles. The molecule has 2 atom stereocenters. The van der Waals surface area contributed by atoms with Crippen molar-refractivity contribution in [3.63, 3.8) is 0 Å². The van der Waals surface area contributed by atoms with Gasteiger partial charge in [0.15, 0.2) is 0 Å². The second kappa shape index (κ2) is 7.95. The quantitative estimate of drug-likeness (QED) is 0.487. The summed E-state index contributed by atoms with van der Waals surface area (Å²) in [5.41, 5.74) is 0.658. The van der Waals surface area contributed by atoms with Gasteiger partial charge < -0.3 is 18.6 Å². The molecule has 0 amide bonds. The first-order valence-electron chi connectivity index (χ1n) is 13.1. The molecule has 0 aromatic heterocycles. The third-order valence-corrected chi connectivity index (χ3v) is 9.83. The summed E-state index contributed by atoms with van der Waals surface area (Å²) in [5, 5.41) is -0.996. The predicted molar refractivity (Wildman–Crippen MR) is 142 cm³/mol. The summed E-state index contributed by atoms with van der Waals surface area (Å²) in [7, 11) is -0.895. The van der Waals surface area contributed by atoms with E-state index in [-0.39, 0.29) is 0 Å².